The summed E-state index contributed by atoms with van der Waals surface area (Å²) in [5.74, 6) is 0.761. The van der Waals surface area contributed by atoms with Gasteiger partial charge < -0.3 is 4.90 Å². The fourth-order valence-corrected chi connectivity index (χ4v) is 5.17. The van der Waals surface area contributed by atoms with Crippen molar-refractivity contribution in [3.8, 4) is 0 Å². The summed E-state index contributed by atoms with van der Waals surface area (Å²) in [6.45, 7) is 2.95. The molecule has 3 rings (SSSR count). The maximum Gasteiger partial charge on any atom is 0.222 e. The Balaban J connectivity index is 1.44. The van der Waals surface area contributed by atoms with Gasteiger partial charge in [0.1, 0.15) is 0 Å². The molecular weight excluding hydrogens is 316 g/mol. The molecule has 23 heavy (non-hydrogen) atoms. The van der Waals surface area contributed by atoms with E-state index in [0.29, 0.717) is 31.7 Å². The quantitative estimate of drug-likeness (QED) is 0.751. The van der Waals surface area contributed by atoms with E-state index in [0.717, 1.165) is 25.1 Å². The predicted molar refractivity (Wildman–Crippen MR) is 86.7 cm³/mol. The largest absolute Gasteiger partial charge is 0.340 e. The standard InChI is InChI=1S/C15H24N4O3S/c1-17-11-13(10-16-17)2-3-15(20)19-7-5-18(6-8-19)14-4-9-23(21,22)12-14/h10-11,14H,2-9,12H2,1H3/t14-/m1/s1. The molecule has 0 bridgehead atoms. The molecule has 1 aromatic heterocycles. The number of piperazine rings is 1. The van der Waals surface area contributed by atoms with Crippen LogP contribution in [0.25, 0.3) is 0 Å². The molecule has 1 atom stereocenters. The van der Waals surface area contributed by atoms with Gasteiger partial charge in [-0.05, 0) is 18.4 Å². The van der Waals surface area contributed by atoms with Crippen molar-refractivity contribution in [1.29, 1.82) is 0 Å². The van der Waals surface area contributed by atoms with Crippen LogP contribution in [0.3, 0.4) is 0 Å². The number of sulfone groups is 1. The zero-order valence-corrected chi connectivity index (χ0v) is 14.3. The number of carbonyl (C=O) groups excluding carboxylic acids is 1. The summed E-state index contributed by atoms with van der Waals surface area (Å²) in [6, 6.07) is 0.146. The van der Waals surface area contributed by atoms with Crippen molar-refractivity contribution in [2.75, 3.05) is 37.7 Å². The summed E-state index contributed by atoms with van der Waals surface area (Å²) < 4.78 is 24.9. The normalized spacial score (nSPS) is 24.9. The van der Waals surface area contributed by atoms with Crippen LogP contribution in [0.2, 0.25) is 0 Å². The molecule has 0 aromatic carbocycles. The lowest BCUT2D eigenvalue weighted by atomic mass is 10.1. The van der Waals surface area contributed by atoms with Crippen LogP contribution in [0.5, 0.6) is 0 Å². The van der Waals surface area contributed by atoms with E-state index in [9.17, 15) is 13.2 Å². The van der Waals surface area contributed by atoms with Crippen molar-refractivity contribution in [1.82, 2.24) is 19.6 Å². The minimum absolute atomic E-state index is 0.146. The Hall–Kier alpha value is -1.41. The van der Waals surface area contributed by atoms with E-state index >= 15 is 0 Å². The van der Waals surface area contributed by atoms with Crippen molar-refractivity contribution in [2.24, 2.45) is 7.05 Å². The minimum Gasteiger partial charge on any atom is -0.340 e. The highest BCUT2D eigenvalue weighted by Gasteiger charge is 2.34. The summed E-state index contributed by atoms with van der Waals surface area (Å²) in [4.78, 5) is 16.4. The van der Waals surface area contributed by atoms with E-state index in [1.165, 1.54) is 0 Å². The van der Waals surface area contributed by atoms with E-state index in [1.54, 1.807) is 10.9 Å². The molecule has 3 heterocycles. The fraction of sp³-hybridized carbons (Fsp3) is 0.733. The number of rotatable bonds is 4. The Labute approximate surface area is 137 Å². The topological polar surface area (TPSA) is 75.5 Å². The van der Waals surface area contributed by atoms with Gasteiger partial charge in [-0.2, -0.15) is 5.10 Å². The van der Waals surface area contributed by atoms with Crippen molar-refractivity contribution >= 4 is 15.7 Å². The Kier molecular flexibility index (Phi) is 4.72. The van der Waals surface area contributed by atoms with Crippen LogP contribution < -0.4 is 0 Å². The fourth-order valence-electron chi connectivity index (χ4n) is 3.41. The van der Waals surface area contributed by atoms with Gasteiger partial charge in [0.15, 0.2) is 9.84 Å². The number of aromatic nitrogens is 2. The molecule has 7 nitrogen and oxygen atoms in total. The average Bonchev–Trinajstić information content (AvgIpc) is 3.10. The number of hydrogen-bond donors (Lipinski definition) is 0. The lowest BCUT2D eigenvalue weighted by Crippen LogP contribution is -2.52. The third-order valence-corrected chi connectivity index (χ3v) is 6.53. The molecule has 0 N–H and O–H groups in total. The molecule has 1 aromatic rings. The van der Waals surface area contributed by atoms with Gasteiger partial charge in [0.2, 0.25) is 5.91 Å². The number of carbonyl (C=O) groups is 1. The van der Waals surface area contributed by atoms with Gasteiger partial charge in [0, 0.05) is 51.9 Å². The third kappa shape index (κ3) is 4.11. The third-order valence-electron chi connectivity index (χ3n) is 4.78. The van der Waals surface area contributed by atoms with Crippen LogP contribution in [0, 0.1) is 0 Å². The summed E-state index contributed by atoms with van der Waals surface area (Å²) >= 11 is 0. The zero-order valence-electron chi connectivity index (χ0n) is 13.5. The monoisotopic (exact) mass is 340 g/mol. The van der Waals surface area contributed by atoms with Crippen molar-refractivity contribution < 1.29 is 13.2 Å². The number of hydrogen-bond acceptors (Lipinski definition) is 5. The van der Waals surface area contributed by atoms with Gasteiger partial charge in [0.25, 0.3) is 0 Å². The van der Waals surface area contributed by atoms with Gasteiger partial charge >= 0.3 is 0 Å². The second kappa shape index (κ2) is 6.60. The van der Waals surface area contributed by atoms with Gasteiger partial charge in [-0.3, -0.25) is 14.4 Å². The van der Waals surface area contributed by atoms with Crippen molar-refractivity contribution in [3.63, 3.8) is 0 Å². The Morgan fingerprint density at radius 3 is 2.61 bits per heavy atom. The van der Waals surface area contributed by atoms with Crippen molar-refractivity contribution in [2.45, 2.75) is 25.3 Å². The summed E-state index contributed by atoms with van der Waals surface area (Å²) in [7, 11) is -0.973. The van der Waals surface area contributed by atoms with Crippen LogP contribution >= 0.6 is 0 Å². The molecule has 8 heteroatoms. The van der Waals surface area contributed by atoms with Gasteiger partial charge in [-0.15, -0.1) is 0 Å². The molecule has 0 unspecified atom stereocenters. The van der Waals surface area contributed by atoms with E-state index in [4.69, 9.17) is 0 Å². The van der Waals surface area contributed by atoms with Crippen LogP contribution in [0.4, 0.5) is 0 Å². The Bertz CT molecular complexity index is 662. The molecule has 2 fully saturated rings. The lowest BCUT2D eigenvalue weighted by molar-refractivity contribution is -0.133. The van der Waals surface area contributed by atoms with E-state index in [-0.39, 0.29) is 17.7 Å². The number of amides is 1. The predicted octanol–water partition coefficient (Wildman–Crippen LogP) is -0.316. The highest BCUT2D eigenvalue weighted by molar-refractivity contribution is 7.91. The highest BCUT2D eigenvalue weighted by atomic mass is 32.2. The first-order valence-electron chi connectivity index (χ1n) is 8.13. The van der Waals surface area contributed by atoms with Gasteiger partial charge in [-0.1, -0.05) is 0 Å². The Morgan fingerprint density at radius 1 is 1.30 bits per heavy atom. The molecule has 2 aliphatic heterocycles. The zero-order chi connectivity index (χ0) is 16.4. The molecule has 2 saturated heterocycles. The first-order chi connectivity index (χ1) is 10.9. The summed E-state index contributed by atoms with van der Waals surface area (Å²) in [5, 5.41) is 4.11. The molecule has 2 aliphatic rings. The number of aryl methyl sites for hydroxylation is 2. The van der Waals surface area contributed by atoms with Crippen LogP contribution in [0.15, 0.2) is 12.4 Å². The first-order valence-corrected chi connectivity index (χ1v) is 9.95. The second-order valence-corrected chi connectivity index (χ2v) is 8.72. The average molecular weight is 340 g/mol. The second-order valence-electron chi connectivity index (χ2n) is 6.50. The molecule has 0 saturated carbocycles. The maximum absolute atomic E-state index is 12.3. The highest BCUT2D eigenvalue weighted by Crippen LogP contribution is 2.19. The molecule has 1 amide bonds. The molecular formula is C15H24N4O3S. The summed E-state index contributed by atoms with van der Waals surface area (Å²) in [6.07, 6.45) is 5.69. The Morgan fingerprint density at radius 2 is 2.04 bits per heavy atom. The SMILES string of the molecule is Cn1cc(CCC(=O)N2CCN([C@@H]3CCS(=O)(=O)C3)CC2)cn1. The van der Waals surface area contributed by atoms with Crippen LogP contribution in [0.1, 0.15) is 18.4 Å². The maximum atomic E-state index is 12.3. The van der Waals surface area contributed by atoms with Crippen LogP contribution in [-0.2, 0) is 28.1 Å². The molecule has 0 aliphatic carbocycles. The number of nitrogens with zero attached hydrogens (tertiary/aromatic N) is 4. The van der Waals surface area contributed by atoms with Crippen molar-refractivity contribution in [3.05, 3.63) is 18.0 Å². The van der Waals surface area contributed by atoms with E-state index in [1.807, 2.05) is 18.1 Å². The lowest BCUT2D eigenvalue weighted by Gasteiger charge is -2.37. The smallest absolute Gasteiger partial charge is 0.222 e. The molecule has 128 valence electrons. The van der Waals surface area contributed by atoms with Crippen LogP contribution in [-0.4, -0.2) is 77.6 Å². The molecule has 0 spiro atoms. The first kappa shape index (κ1) is 16.4. The molecule has 0 radical (unpaired) electrons. The minimum atomic E-state index is -2.84. The van der Waals surface area contributed by atoms with Gasteiger partial charge in [-0.25, -0.2) is 8.42 Å². The van der Waals surface area contributed by atoms with Gasteiger partial charge in [0.05, 0.1) is 17.7 Å². The van der Waals surface area contributed by atoms with E-state index < -0.39 is 9.84 Å². The summed E-state index contributed by atoms with van der Waals surface area (Å²) in [5.41, 5.74) is 1.08. The van der Waals surface area contributed by atoms with E-state index in [2.05, 4.69) is 10.00 Å².